The minimum absolute atomic E-state index is 0.0199. The Bertz CT molecular complexity index is 475. The van der Waals surface area contributed by atoms with Gasteiger partial charge in [0.05, 0.1) is 18.7 Å². The highest BCUT2D eigenvalue weighted by Gasteiger charge is 2.34. The molecule has 0 aliphatic carbocycles. The van der Waals surface area contributed by atoms with Gasteiger partial charge in [-0.15, -0.1) is 0 Å². The third-order valence-electron chi connectivity index (χ3n) is 4.25. The van der Waals surface area contributed by atoms with E-state index in [1.54, 1.807) is 0 Å². The summed E-state index contributed by atoms with van der Waals surface area (Å²) in [5.41, 5.74) is 2.55. The molecule has 3 rings (SSSR count). The van der Waals surface area contributed by atoms with E-state index in [4.69, 9.17) is 0 Å². The van der Waals surface area contributed by atoms with Gasteiger partial charge in [-0.05, 0) is 30.4 Å². The molecule has 0 aromatic heterocycles. The van der Waals surface area contributed by atoms with Gasteiger partial charge >= 0.3 is 0 Å². The summed E-state index contributed by atoms with van der Waals surface area (Å²) in [5.74, 6) is 0.144. The van der Waals surface area contributed by atoms with E-state index in [1.807, 2.05) is 17.0 Å². The van der Waals surface area contributed by atoms with Crippen LogP contribution in [-0.4, -0.2) is 41.1 Å². The number of nitrogens with one attached hydrogen (secondary N) is 1. The summed E-state index contributed by atoms with van der Waals surface area (Å²) in [7, 11) is 0. The molecule has 0 spiro atoms. The smallest absolute Gasteiger partial charge is 0.240 e. The van der Waals surface area contributed by atoms with Gasteiger partial charge in [-0.3, -0.25) is 4.79 Å². The number of likely N-dealkylation sites (tertiary alicyclic amines) is 1. The highest BCUT2D eigenvalue weighted by atomic mass is 16.3. The average Bonchev–Trinajstić information content (AvgIpc) is 2.94. The maximum Gasteiger partial charge on any atom is 0.240 e. The van der Waals surface area contributed by atoms with Crippen molar-refractivity contribution >= 4 is 5.91 Å². The van der Waals surface area contributed by atoms with Crippen LogP contribution in [0.3, 0.4) is 0 Å². The monoisotopic (exact) mass is 260 g/mol. The summed E-state index contributed by atoms with van der Waals surface area (Å²) in [6.07, 6.45) is 2.68. The van der Waals surface area contributed by atoms with Crippen molar-refractivity contribution in [3.05, 3.63) is 35.4 Å². The van der Waals surface area contributed by atoms with Gasteiger partial charge in [-0.1, -0.05) is 24.3 Å². The number of aliphatic hydroxyl groups excluding tert-OH is 1. The molecular formula is C15H20N2O2. The van der Waals surface area contributed by atoms with Crippen LogP contribution in [-0.2, 0) is 17.8 Å². The quantitative estimate of drug-likeness (QED) is 0.822. The first kappa shape index (κ1) is 12.6. The van der Waals surface area contributed by atoms with Crippen LogP contribution in [0.2, 0.25) is 0 Å². The van der Waals surface area contributed by atoms with Crippen LogP contribution in [0.25, 0.3) is 0 Å². The van der Waals surface area contributed by atoms with Crippen molar-refractivity contribution in [2.75, 3.05) is 13.2 Å². The van der Waals surface area contributed by atoms with Crippen LogP contribution in [0, 0.1) is 0 Å². The Morgan fingerprint density at radius 2 is 2.16 bits per heavy atom. The predicted octanol–water partition coefficient (Wildman–Crippen LogP) is 0.684. The van der Waals surface area contributed by atoms with Crippen molar-refractivity contribution in [2.45, 2.75) is 37.9 Å². The number of carbonyl (C=O) groups is 1. The SMILES string of the molecule is O=C([C@@H]1Cc2ccccc2CN1)N1CCC[C@H]1CO. The van der Waals surface area contributed by atoms with E-state index < -0.39 is 0 Å². The topological polar surface area (TPSA) is 52.6 Å². The predicted molar refractivity (Wildman–Crippen MR) is 72.6 cm³/mol. The van der Waals surface area contributed by atoms with Gasteiger partial charge in [-0.2, -0.15) is 0 Å². The maximum absolute atomic E-state index is 12.5. The molecule has 1 fully saturated rings. The number of hydrogen-bond donors (Lipinski definition) is 2. The van der Waals surface area contributed by atoms with Crippen molar-refractivity contribution in [3.8, 4) is 0 Å². The van der Waals surface area contributed by atoms with Crippen LogP contribution in [0.15, 0.2) is 24.3 Å². The van der Waals surface area contributed by atoms with Crippen molar-refractivity contribution < 1.29 is 9.90 Å². The second-order valence-corrected chi connectivity index (χ2v) is 5.42. The van der Waals surface area contributed by atoms with E-state index >= 15 is 0 Å². The fraction of sp³-hybridized carbons (Fsp3) is 0.533. The molecule has 1 aromatic carbocycles. The number of fused-ring (bicyclic) bond motifs is 1. The molecule has 2 heterocycles. The van der Waals surface area contributed by atoms with Crippen molar-refractivity contribution in [3.63, 3.8) is 0 Å². The Labute approximate surface area is 113 Å². The fourth-order valence-corrected chi connectivity index (χ4v) is 3.14. The molecule has 4 heteroatoms. The fourth-order valence-electron chi connectivity index (χ4n) is 3.14. The molecule has 1 aromatic rings. The molecule has 4 nitrogen and oxygen atoms in total. The lowest BCUT2D eigenvalue weighted by atomic mass is 9.95. The molecule has 0 radical (unpaired) electrons. The summed E-state index contributed by atoms with van der Waals surface area (Å²) in [4.78, 5) is 14.4. The molecule has 2 atom stereocenters. The number of rotatable bonds is 2. The van der Waals surface area contributed by atoms with Crippen LogP contribution < -0.4 is 5.32 Å². The molecule has 19 heavy (non-hydrogen) atoms. The molecule has 0 unspecified atom stereocenters. The van der Waals surface area contributed by atoms with Gasteiger partial charge in [-0.25, -0.2) is 0 Å². The lowest BCUT2D eigenvalue weighted by molar-refractivity contribution is -0.135. The number of carbonyl (C=O) groups excluding carboxylic acids is 1. The molecule has 2 aliphatic rings. The highest BCUT2D eigenvalue weighted by molar-refractivity contribution is 5.83. The summed E-state index contributed by atoms with van der Waals surface area (Å²) >= 11 is 0. The summed E-state index contributed by atoms with van der Waals surface area (Å²) < 4.78 is 0. The second kappa shape index (κ2) is 5.31. The minimum Gasteiger partial charge on any atom is -0.394 e. The highest BCUT2D eigenvalue weighted by Crippen LogP contribution is 2.22. The van der Waals surface area contributed by atoms with E-state index in [-0.39, 0.29) is 24.6 Å². The number of aliphatic hydroxyl groups is 1. The van der Waals surface area contributed by atoms with Gasteiger partial charge in [0, 0.05) is 13.1 Å². The Morgan fingerprint density at radius 3 is 2.95 bits per heavy atom. The lowest BCUT2D eigenvalue weighted by Crippen LogP contribution is -2.51. The summed E-state index contributed by atoms with van der Waals surface area (Å²) in [5, 5.41) is 12.7. The van der Waals surface area contributed by atoms with E-state index in [0.29, 0.717) is 0 Å². The average molecular weight is 260 g/mol. The van der Waals surface area contributed by atoms with Crippen LogP contribution in [0.5, 0.6) is 0 Å². The molecule has 102 valence electrons. The van der Waals surface area contributed by atoms with Gasteiger partial charge in [0.25, 0.3) is 0 Å². The van der Waals surface area contributed by atoms with Crippen LogP contribution in [0.1, 0.15) is 24.0 Å². The van der Waals surface area contributed by atoms with Gasteiger partial charge in [0.1, 0.15) is 0 Å². The van der Waals surface area contributed by atoms with E-state index in [9.17, 15) is 9.90 Å². The minimum atomic E-state index is -0.137. The third kappa shape index (κ3) is 2.38. The number of amides is 1. The van der Waals surface area contributed by atoms with Crippen molar-refractivity contribution in [1.29, 1.82) is 0 Å². The molecule has 2 N–H and O–H groups in total. The first-order chi connectivity index (χ1) is 9.29. The number of nitrogens with zero attached hydrogens (tertiary/aromatic N) is 1. The molecule has 1 amide bonds. The van der Waals surface area contributed by atoms with E-state index in [1.165, 1.54) is 11.1 Å². The standard InChI is InChI=1S/C15H20N2O2/c18-10-13-6-3-7-17(13)15(19)14-8-11-4-1-2-5-12(11)9-16-14/h1-2,4-5,13-14,16,18H,3,6-10H2/t13-,14-/m0/s1. The molecule has 0 saturated carbocycles. The van der Waals surface area contributed by atoms with Crippen molar-refractivity contribution in [1.82, 2.24) is 10.2 Å². The number of hydrogen-bond acceptors (Lipinski definition) is 3. The molecule has 1 saturated heterocycles. The Morgan fingerprint density at radius 1 is 1.37 bits per heavy atom. The maximum atomic E-state index is 12.5. The van der Waals surface area contributed by atoms with Gasteiger partial charge < -0.3 is 15.3 Å². The number of benzene rings is 1. The Kier molecular flexibility index (Phi) is 3.53. The molecular weight excluding hydrogens is 240 g/mol. The zero-order valence-electron chi connectivity index (χ0n) is 11.0. The van der Waals surface area contributed by atoms with Gasteiger partial charge in [0.15, 0.2) is 0 Å². The van der Waals surface area contributed by atoms with E-state index in [0.717, 1.165) is 32.4 Å². The Balaban J connectivity index is 1.72. The summed E-state index contributed by atoms with van der Waals surface area (Å²) in [6, 6.07) is 8.15. The normalized spacial score (nSPS) is 26.3. The Hall–Kier alpha value is -1.39. The largest absolute Gasteiger partial charge is 0.394 e. The van der Waals surface area contributed by atoms with Crippen LogP contribution in [0.4, 0.5) is 0 Å². The van der Waals surface area contributed by atoms with Crippen molar-refractivity contribution in [2.24, 2.45) is 0 Å². The molecule has 0 bridgehead atoms. The van der Waals surface area contributed by atoms with Crippen LogP contribution >= 0.6 is 0 Å². The first-order valence-electron chi connectivity index (χ1n) is 7.01. The van der Waals surface area contributed by atoms with Gasteiger partial charge in [0.2, 0.25) is 5.91 Å². The molecule has 2 aliphatic heterocycles. The zero-order valence-corrected chi connectivity index (χ0v) is 11.0. The first-order valence-corrected chi connectivity index (χ1v) is 7.01. The second-order valence-electron chi connectivity index (χ2n) is 5.42. The lowest BCUT2D eigenvalue weighted by Gasteiger charge is -2.31. The summed E-state index contributed by atoms with van der Waals surface area (Å²) in [6.45, 7) is 1.61. The zero-order chi connectivity index (χ0) is 13.2. The van der Waals surface area contributed by atoms with E-state index in [2.05, 4.69) is 17.4 Å². The third-order valence-corrected chi connectivity index (χ3v) is 4.25.